The lowest BCUT2D eigenvalue weighted by Gasteiger charge is -2.31. The van der Waals surface area contributed by atoms with E-state index in [1.54, 1.807) is 31.3 Å². The van der Waals surface area contributed by atoms with Gasteiger partial charge in [-0.1, -0.05) is 65.4 Å². The van der Waals surface area contributed by atoms with Crippen LogP contribution in [0.2, 0.25) is 0 Å². The van der Waals surface area contributed by atoms with Crippen LogP contribution in [0.25, 0.3) is 0 Å². The molecule has 47 heavy (non-hydrogen) atoms. The number of hydrogen-bond donors (Lipinski definition) is 1. The first kappa shape index (κ1) is 34.3. The van der Waals surface area contributed by atoms with Crippen LogP contribution in [0.15, 0.2) is 47.6 Å². The first-order valence-electron chi connectivity index (χ1n) is 16.6. The van der Waals surface area contributed by atoms with Gasteiger partial charge in [0, 0.05) is 28.5 Å². The summed E-state index contributed by atoms with van der Waals surface area (Å²) in [7, 11) is 1.72. The Morgan fingerprint density at radius 3 is 2.32 bits per heavy atom. The predicted octanol–water partition coefficient (Wildman–Crippen LogP) is 4.99. The Hall–Kier alpha value is -4.00. The van der Waals surface area contributed by atoms with E-state index in [4.69, 9.17) is 9.84 Å². The van der Waals surface area contributed by atoms with E-state index in [2.05, 4.69) is 79.5 Å². The molecule has 2 aromatic carbocycles. The summed E-state index contributed by atoms with van der Waals surface area (Å²) in [5, 5.41) is 20.1. The average molecular weight is 663 g/mol. The van der Waals surface area contributed by atoms with Crippen molar-refractivity contribution in [1.82, 2.24) is 24.7 Å². The fourth-order valence-corrected chi connectivity index (χ4v) is 6.54. The first-order valence-corrected chi connectivity index (χ1v) is 17.4. The molecule has 2 atom stereocenters. The summed E-state index contributed by atoms with van der Waals surface area (Å²) in [6.45, 7) is 17.0. The van der Waals surface area contributed by atoms with Gasteiger partial charge >= 0.3 is 0 Å². The van der Waals surface area contributed by atoms with Crippen LogP contribution in [0.1, 0.15) is 91.7 Å². The highest BCUT2D eigenvalue weighted by Crippen LogP contribution is 2.39. The monoisotopic (exact) mass is 662 g/mol. The van der Waals surface area contributed by atoms with Gasteiger partial charge in [-0.05, 0) is 78.8 Å². The van der Waals surface area contributed by atoms with Crippen LogP contribution in [0, 0.1) is 0 Å². The van der Waals surface area contributed by atoms with Gasteiger partial charge in [-0.25, -0.2) is 0 Å². The molecule has 1 fully saturated rings. The van der Waals surface area contributed by atoms with E-state index < -0.39 is 11.4 Å². The molecule has 0 aliphatic carbocycles. The lowest BCUT2D eigenvalue weighted by Crippen LogP contribution is -2.44. The summed E-state index contributed by atoms with van der Waals surface area (Å²) in [5.74, 6) is 1.04. The van der Waals surface area contributed by atoms with Crippen LogP contribution < -0.4 is 19.9 Å². The zero-order valence-corrected chi connectivity index (χ0v) is 29.7. The van der Waals surface area contributed by atoms with Gasteiger partial charge in [0.15, 0.2) is 17.2 Å². The van der Waals surface area contributed by atoms with E-state index in [0.717, 1.165) is 50.1 Å². The third-order valence-corrected chi connectivity index (χ3v) is 10.7. The molecule has 13 heteroatoms. The smallest absolute Gasteiger partial charge is 0.270 e. The first-order chi connectivity index (χ1) is 22.4. The van der Waals surface area contributed by atoms with Crippen LogP contribution in [-0.2, 0) is 27.5 Å². The molecule has 1 N–H and O–H groups in total. The average Bonchev–Trinajstić information content (AvgIpc) is 3.82. The Morgan fingerprint density at radius 2 is 1.72 bits per heavy atom. The topological polar surface area (TPSA) is 122 Å². The normalized spacial score (nSPS) is 17.7. The predicted molar refractivity (Wildman–Crippen MR) is 184 cm³/mol. The maximum atomic E-state index is 13.7. The fourth-order valence-electron chi connectivity index (χ4n) is 5.63. The molecule has 3 aromatic rings. The number of amides is 2. The van der Waals surface area contributed by atoms with Gasteiger partial charge in [0.2, 0.25) is 10.4 Å². The summed E-state index contributed by atoms with van der Waals surface area (Å²) in [5.41, 5.74) is 3.52. The molecular formula is C34H48N9O3S+. The minimum atomic E-state index is -0.677. The van der Waals surface area contributed by atoms with E-state index in [9.17, 15) is 9.59 Å². The summed E-state index contributed by atoms with van der Waals surface area (Å²) in [6, 6.07) is 13.6. The van der Waals surface area contributed by atoms with E-state index in [0.29, 0.717) is 23.6 Å². The third-order valence-electron chi connectivity index (χ3n) is 9.60. The molecule has 2 unspecified atom stereocenters. The lowest BCUT2D eigenvalue weighted by atomic mass is 9.76. The van der Waals surface area contributed by atoms with E-state index in [1.807, 2.05) is 13.0 Å². The molecule has 2 aliphatic rings. The number of aromatic nitrogens is 5. The van der Waals surface area contributed by atoms with Gasteiger partial charge in [-0.15, -0.1) is 5.10 Å². The van der Waals surface area contributed by atoms with E-state index in [-0.39, 0.29) is 22.6 Å². The molecular weight excluding hydrogens is 615 g/mol. The third kappa shape index (κ3) is 7.29. The number of likely N-dealkylation sites (tertiary alicyclic amines) is 1. The number of aryl methyl sites for hydroxylation is 1. The van der Waals surface area contributed by atoms with Crippen LogP contribution >= 0.6 is 11.9 Å². The Labute approximate surface area is 282 Å². The molecule has 2 aliphatic heterocycles. The molecule has 2 amide bonds. The van der Waals surface area contributed by atoms with Crippen LogP contribution in [0.4, 0.5) is 11.4 Å². The number of carbonyl (C=O) groups excluding carboxylic acids is 2. The summed E-state index contributed by atoms with van der Waals surface area (Å²) >= 11 is 1.22. The highest BCUT2D eigenvalue weighted by atomic mass is 32.2. The van der Waals surface area contributed by atoms with Crippen molar-refractivity contribution >= 4 is 41.0 Å². The molecule has 252 valence electrons. The minimum Gasteiger partial charge on any atom is -0.480 e. The van der Waals surface area contributed by atoms with Crippen molar-refractivity contribution < 1.29 is 19.1 Å². The highest BCUT2D eigenvalue weighted by Gasteiger charge is 2.43. The Bertz CT molecular complexity index is 1610. The summed E-state index contributed by atoms with van der Waals surface area (Å²) in [4.78, 5) is 30.8. The lowest BCUT2D eigenvalue weighted by molar-refractivity contribution is -0.795. The molecule has 3 heterocycles. The summed E-state index contributed by atoms with van der Waals surface area (Å²) < 4.78 is 7.93. The number of carbonyl (C=O) groups is 2. The molecule has 0 radical (unpaired) electrons. The number of ether oxygens (including phenoxy) is 1. The molecule has 1 saturated heterocycles. The molecule has 0 saturated carbocycles. The second-order valence-corrected chi connectivity index (χ2v) is 14.5. The minimum absolute atomic E-state index is 0.0398. The number of nitrogens with one attached hydrogen (secondary N) is 1. The number of rotatable bonds is 12. The van der Waals surface area contributed by atoms with Gasteiger partial charge in [0.25, 0.3) is 11.8 Å². The maximum absolute atomic E-state index is 13.7. The van der Waals surface area contributed by atoms with Crippen molar-refractivity contribution in [2.45, 2.75) is 103 Å². The van der Waals surface area contributed by atoms with Crippen LogP contribution in [-0.4, -0.2) is 66.8 Å². The zero-order chi connectivity index (χ0) is 33.9. The van der Waals surface area contributed by atoms with Crippen molar-refractivity contribution in [1.29, 1.82) is 0 Å². The Kier molecular flexibility index (Phi) is 10.2. The van der Waals surface area contributed by atoms with Gasteiger partial charge in [0.05, 0.1) is 17.6 Å². The highest BCUT2D eigenvalue weighted by molar-refractivity contribution is 7.99. The molecule has 0 spiro atoms. The van der Waals surface area contributed by atoms with Crippen molar-refractivity contribution in [3.05, 3.63) is 53.6 Å². The molecule has 12 nitrogen and oxygen atoms in total. The van der Waals surface area contributed by atoms with E-state index in [1.165, 1.54) is 31.5 Å². The molecule has 5 rings (SSSR count). The SMILES string of the molecule is CCC(Oc1ccc(C(C)(C)CC)cc1C(C)(C)CC)C(=O)Nc1ccc(N2N=C(N3CCCC3)C(Sn3nnn[n+]3C)C2=O)cc1. The second kappa shape index (κ2) is 14.0. The standard InChI is InChI=1S/C34H47N9O3S/c1-9-27(46-28-19-14-23(33(4,5)10-2)22-26(28)34(6,7)11-3)31(44)35-24-15-17-25(18-16-24)42-32(45)29(47-43-39-37-38-40(43)8)30(36-42)41-20-12-13-21-41/h14-19,22,27,29H,9-13,20-21H2,1-8H3/p+1. The number of benzene rings is 2. The van der Waals surface area contributed by atoms with Crippen LogP contribution in [0.5, 0.6) is 5.75 Å². The summed E-state index contributed by atoms with van der Waals surface area (Å²) in [6.07, 6.45) is 3.90. The van der Waals surface area contributed by atoms with Gasteiger partial charge in [0.1, 0.15) is 18.0 Å². The number of anilines is 2. The number of hydrogen-bond acceptors (Lipinski definition) is 9. The van der Waals surface area contributed by atoms with Gasteiger partial charge in [-0.2, -0.15) is 5.01 Å². The molecule has 1 aromatic heterocycles. The largest absolute Gasteiger partial charge is 0.480 e. The van der Waals surface area contributed by atoms with Gasteiger partial charge < -0.3 is 15.0 Å². The zero-order valence-electron chi connectivity index (χ0n) is 28.9. The fraction of sp³-hybridized carbons (Fsp3) is 0.559. The van der Waals surface area contributed by atoms with Gasteiger partial charge in [-0.3, -0.25) is 9.59 Å². The maximum Gasteiger partial charge on any atom is 0.270 e. The van der Waals surface area contributed by atoms with Crippen molar-refractivity contribution in [3.8, 4) is 5.75 Å². The Balaban J connectivity index is 1.31. The van der Waals surface area contributed by atoms with Crippen LogP contribution in [0.3, 0.4) is 0 Å². The number of hydrazone groups is 1. The molecule has 0 bridgehead atoms. The van der Waals surface area contributed by atoms with Crippen molar-refractivity contribution in [2.24, 2.45) is 12.1 Å². The van der Waals surface area contributed by atoms with Crippen molar-refractivity contribution in [3.63, 3.8) is 0 Å². The number of nitrogens with zero attached hydrogens (tertiary/aromatic N) is 8. The number of amidine groups is 1. The Morgan fingerprint density at radius 1 is 1.04 bits per heavy atom. The van der Waals surface area contributed by atoms with E-state index >= 15 is 0 Å². The second-order valence-electron chi connectivity index (χ2n) is 13.5. The van der Waals surface area contributed by atoms with Crippen molar-refractivity contribution in [2.75, 3.05) is 23.4 Å². The quantitative estimate of drug-likeness (QED) is 0.270.